The van der Waals surface area contributed by atoms with Gasteiger partial charge in [-0.2, -0.15) is 4.31 Å². The quantitative estimate of drug-likeness (QED) is 0.585. The van der Waals surface area contributed by atoms with E-state index in [1.165, 1.54) is 36.5 Å². The van der Waals surface area contributed by atoms with Crippen LogP contribution >= 0.6 is 0 Å². The normalized spacial score (nSPS) is 17.0. The van der Waals surface area contributed by atoms with Gasteiger partial charge in [-0.05, 0) is 50.1 Å². The first-order chi connectivity index (χ1) is 15.8. The van der Waals surface area contributed by atoms with Crippen molar-refractivity contribution in [3.63, 3.8) is 0 Å². The largest absolute Gasteiger partial charge is 0.495 e. The standard InChI is InChI=1S/C23H26N4O5S/c1-15-6-8-17(9-7-15)22-25-26-23(32-22)18-5-4-12-27(14-18)33(29,30)19-10-11-21(31-3)20(13-19)24-16(2)28/h6-11,13,18H,4-5,12,14H2,1-3H3,(H,24,28)/t18-/m1/s1. The molecular weight excluding hydrogens is 444 g/mol. The summed E-state index contributed by atoms with van der Waals surface area (Å²) in [5.41, 5.74) is 2.26. The Hall–Kier alpha value is -3.24. The van der Waals surface area contributed by atoms with E-state index in [-0.39, 0.29) is 23.3 Å². The van der Waals surface area contributed by atoms with Gasteiger partial charge in [-0.3, -0.25) is 4.79 Å². The molecule has 174 valence electrons. The number of amides is 1. The Bertz CT molecular complexity index is 1250. The van der Waals surface area contributed by atoms with Crippen LogP contribution in [0.15, 0.2) is 51.8 Å². The number of nitrogens with one attached hydrogen (secondary N) is 1. The molecule has 1 amide bonds. The molecule has 1 atom stereocenters. The van der Waals surface area contributed by atoms with Crippen LogP contribution in [0.25, 0.3) is 11.5 Å². The summed E-state index contributed by atoms with van der Waals surface area (Å²) >= 11 is 0. The minimum atomic E-state index is -3.80. The molecular formula is C23H26N4O5S. The van der Waals surface area contributed by atoms with Crippen molar-refractivity contribution in [2.24, 2.45) is 0 Å². The van der Waals surface area contributed by atoms with E-state index >= 15 is 0 Å². The van der Waals surface area contributed by atoms with Gasteiger partial charge in [0.25, 0.3) is 0 Å². The first kappa shape index (κ1) is 22.9. The third kappa shape index (κ3) is 4.91. The molecule has 0 spiro atoms. The summed E-state index contributed by atoms with van der Waals surface area (Å²) in [5, 5.41) is 11.0. The average Bonchev–Trinajstić information content (AvgIpc) is 3.29. The van der Waals surface area contributed by atoms with Crippen LogP contribution in [0.1, 0.15) is 37.1 Å². The second kappa shape index (κ2) is 9.32. The number of carbonyl (C=O) groups is 1. The van der Waals surface area contributed by atoms with Crippen LogP contribution in [0.5, 0.6) is 5.75 Å². The van der Waals surface area contributed by atoms with Crippen LogP contribution in [0, 0.1) is 6.92 Å². The Labute approximate surface area is 192 Å². The number of aromatic nitrogens is 2. The number of rotatable bonds is 6. The number of hydrogen-bond donors (Lipinski definition) is 1. The highest BCUT2D eigenvalue weighted by Gasteiger charge is 2.33. The van der Waals surface area contributed by atoms with Crippen LogP contribution < -0.4 is 10.1 Å². The van der Waals surface area contributed by atoms with E-state index in [9.17, 15) is 13.2 Å². The van der Waals surface area contributed by atoms with Gasteiger partial charge in [-0.1, -0.05) is 17.7 Å². The van der Waals surface area contributed by atoms with Crippen LogP contribution in [-0.2, 0) is 14.8 Å². The maximum Gasteiger partial charge on any atom is 0.247 e. The summed E-state index contributed by atoms with van der Waals surface area (Å²) in [6.07, 6.45) is 1.42. The molecule has 0 saturated carbocycles. The Morgan fingerprint density at radius 1 is 1.18 bits per heavy atom. The monoisotopic (exact) mass is 470 g/mol. The number of ether oxygens (including phenoxy) is 1. The molecule has 4 rings (SSSR count). The van der Waals surface area contributed by atoms with Crippen molar-refractivity contribution in [1.82, 2.24) is 14.5 Å². The first-order valence-corrected chi connectivity index (χ1v) is 12.1. The molecule has 1 aliphatic heterocycles. The Balaban J connectivity index is 1.56. The molecule has 1 aromatic heterocycles. The van der Waals surface area contributed by atoms with E-state index in [2.05, 4.69) is 15.5 Å². The zero-order valence-electron chi connectivity index (χ0n) is 18.7. The van der Waals surface area contributed by atoms with Crippen molar-refractivity contribution in [3.05, 3.63) is 53.9 Å². The summed E-state index contributed by atoms with van der Waals surface area (Å²) < 4.78 is 39.3. The lowest BCUT2D eigenvalue weighted by atomic mass is 10.00. The number of hydrogen-bond acceptors (Lipinski definition) is 7. The van der Waals surface area contributed by atoms with Gasteiger partial charge in [0.15, 0.2) is 0 Å². The molecule has 9 nitrogen and oxygen atoms in total. The predicted molar refractivity (Wildman–Crippen MR) is 123 cm³/mol. The van der Waals surface area contributed by atoms with Gasteiger partial charge < -0.3 is 14.5 Å². The number of methoxy groups -OCH3 is 1. The van der Waals surface area contributed by atoms with Crippen LogP contribution in [0.4, 0.5) is 5.69 Å². The summed E-state index contributed by atoms with van der Waals surface area (Å²) in [7, 11) is -2.34. The smallest absolute Gasteiger partial charge is 0.247 e. The lowest BCUT2D eigenvalue weighted by Crippen LogP contribution is -2.39. The van der Waals surface area contributed by atoms with Crippen LogP contribution in [0.2, 0.25) is 0 Å². The molecule has 1 fully saturated rings. The molecule has 1 saturated heterocycles. The SMILES string of the molecule is COc1ccc(S(=O)(=O)N2CCC[C@@H](c3nnc(-c4ccc(C)cc4)o3)C2)cc1NC(C)=O. The third-order valence-corrected chi connectivity index (χ3v) is 7.45. The second-order valence-corrected chi connectivity index (χ2v) is 9.99. The van der Waals surface area contributed by atoms with Crippen molar-refractivity contribution >= 4 is 21.6 Å². The Morgan fingerprint density at radius 3 is 2.64 bits per heavy atom. The van der Waals surface area contributed by atoms with E-state index < -0.39 is 10.0 Å². The molecule has 0 bridgehead atoms. The summed E-state index contributed by atoms with van der Waals surface area (Å²) in [6.45, 7) is 3.98. The number of aryl methyl sites for hydroxylation is 1. The molecule has 0 aliphatic carbocycles. The first-order valence-electron chi connectivity index (χ1n) is 10.6. The predicted octanol–water partition coefficient (Wildman–Crippen LogP) is 3.58. The Kier molecular flexibility index (Phi) is 6.48. The van der Waals surface area contributed by atoms with Gasteiger partial charge >= 0.3 is 0 Å². The maximum atomic E-state index is 13.4. The number of sulfonamides is 1. The zero-order valence-corrected chi connectivity index (χ0v) is 19.6. The van der Waals surface area contributed by atoms with E-state index in [0.29, 0.717) is 36.2 Å². The van der Waals surface area contributed by atoms with Crippen molar-refractivity contribution in [2.75, 3.05) is 25.5 Å². The van der Waals surface area contributed by atoms with Crippen molar-refractivity contribution in [1.29, 1.82) is 0 Å². The maximum absolute atomic E-state index is 13.4. The van der Waals surface area contributed by atoms with Crippen LogP contribution in [-0.4, -0.2) is 49.0 Å². The molecule has 0 radical (unpaired) electrons. The van der Waals surface area contributed by atoms with Gasteiger partial charge in [-0.25, -0.2) is 8.42 Å². The third-order valence-electron chi connectivity index (χ3n) is 5.59. The minimum Gasteiger partial charge on any atom is -0.495 e. The fourth-order valence-corrected chi connectivity index (χ4v) is 5.41. The highest BCUT2D eigenvalue weighted by molar-refractivity contribution is 7.89. The zero-order chi connectivity index (χ0) is 23.6. The second-order valence-electron chi connectivity index (χ2n) is 8.06. The van der Waals surface area contributed by atoms with Gasteiger partial charge in [0.2, 0.25) is 27.7 Å². The summed E-state index contributed by atoms with van der Waals surface area (Å²) in [6, 6.07) is 12.2. The number of carbonyl (C=O) groups excluding carboxylic acids is 1. The van der Waals surface area contributed by atoms with E-state index in [1.54, 1.807) is 0 Å². The number of nitrogens with zero attached hydrogens (tertiary/aromatic N) is 3. The van der Waals surface area contributed by atoms with Gasteiger partial charge in [0.1, 0.15) is 5.75 Å². The molecule has 2 heterocycles. The molecule has 0 unspecified atom stereocenters. The van der Waals surface area contributed by atoms with Crippen molar-refractivity contribution in [3.8, 4) is 17.2 Å². The highest BCUT2D eigenvalue weighted by atomic mass is 32.2. The van der Waals surface area contributed by atoms with E-state index in [4.69, 9.17) is 9.15 Å². The van der Waals surface area contributed by atoms with Gasteiger partial charge in [0.05, 0.1) is 23.6 Å². The summed E-state index contributed by atoms with van der Waals surface area (Å²) in [5.74, 6) is 0.712. The van der Waals surface area contributed by atoms with Gasteiger partial charge in [-0.15, -0.1) is 10.2 Å². The average molecular weight is 471 g/mol. The highest BCUT2D eigenvalue weighted by Crippen LogP contribution is 2.33. The topological polar surface area (TPSA) is 115 Å². The number of anilines is 1. The summed E-state index contributed by atoms with van der Waals surface area (Å²) in [4.78, 5) is 11.6. The molecule has 33 heavy (non-hydrogen) atoms. The number of piperidine rings is 1. The van der Waals surface area contributed by atoms with Crippen LogP contribution in [0.3, 0.4) is 0 Å². The van der Waals surface area contributed by atoms with Crippen molar-refractivity contribution < 1.29 is 22.4 Å². The molecule has 10 heteroatoms. The minimum absolute atomic E-state index is 0.0820. The lowest BCUT2D eigenvalue weighted by Gasteiger charge is -2.30. The Morgan fingerprint density at radius 2 is 1.94 bits per heavy atom. The number of benzene rings is 2. The fraction of sp³-hybridized carbons (Fsp3) is 0.348. The van der Waals surface area contributed by atoms with Crippen molar-refractivity contribution in [2.45, 2.75) is 37.5 Å². The fourth-order valence-electron chi connectivity index (χ4n) is 3.86. The van der Waals surface area contributed by atoms with E-state index in [1.807, 2.05) is 31.2 Å². The lowest BCUT2D eigenvalue weighted by molar-refractivity contribution is -0.114. The molecule has 1 aliphatic rings. The molecule has 1 N–H and O–H groups in total. The molecule has 2 aromatic carbocycles. The molecule has 3 aromatic rings. The van der Waals surface area contributed by atoms with E-state index in [0.717, 1.165) is 17.5 Å². The van der Waals surface area contributed by atoms with Gasteiger partial charge in [0, 0.05) is 25.6 Å².